The molecule has 0 fully saturated rings. The average molecular weight is 260 g/mol. The lowest BCUT2D eigenvalue weighted by Crippen LogP contribution is -2.14. The quantitative estimate of drug-likeness (QED) is 0.888. The van der Waals surface area contributed by atoms with Crippen molar-refractivity contribution in [1.29, 1.82) is 0 Å². The number of aromatic hydroxyl groups is 1. The lowest BCUT2D eigenvalue weighted by Gasteiger charge is -2.13. The summed E-state index contributed by atoms with van der Waals surface area (Å²) in [4.78, 5) is 11.3. The number of carboxylic acids is 1. The Kier molecular flexibility index (Phi) is 3.80. The maximum atomic E-state index is 12.8. The van der Waals surface area contributed by atoms with Gasteiger partial charge in [0.2, 0.25) is 0 Å². The standard InChI is InChI=1S/C15H13FO3/c16-12-6-4-10(5-7-12)8-14(15(18)19)11-2-1-3-13(17)9-11/h1-7,9,14,17H,8H2,(H,18,19). The third-order valence-electron chi connectivity index (χ3n) is 2.92. The number of hydrogen-bond acceptors (Lipinski definition) is 2. The molecule has 0 radical (unpaired) electrons. The minimum atomic E-state index is -0.977. The number of carboxylic acid groups (broad SMARTS) is 1. The van der Waals surface area contributed by atoms with Crippen LogP contribution >= 0.6 is 0 Å². The molecule has 0 aliphatic heterocycles. The molecule has 19 heavy (non-hydrogen) atoms. The third-order valence-corrected chi connectivity index (χ3v) is 2.92. The number of rotatable bonds is 4. The highest BCUT2D eigenvalue weighted by atomic mass is 19.1. The van der Waals surface area contributed by atoms with Crippen molar-refractivity contribution in [2.45, 2.75) is 12.3 Å². The second kappa shape index (κ2) is 5.52. The summed E-state index contributed by atoms with van der Waals surface area (Å²) >= 11 is 0. The fourth-order valence-electron chi connectivity index (χ4n) is 1.95. The summed E-state index contributed by atoms with van der Waals surface area (Å²) < 4.78 is 12.8. The van der Waals surface area contributed by atoms with E-state index in [4.69, 9.17) is 0 Å². The number of phenolic OH excluding ortho intramolecular Hbond substituents is 1. The van der Waals surface area contributed by atoms with Gasteiger partial charge in [-0.2, -0.15) is 0 Å². The van der Waals surface area contributed by atoms with Gasteiger partial charge in [0.05, 0.1) is 5.92 Å². The van der Waals surface area contributed by atoms with Crippen molar-refractivity contribution in [2.24, 2.45) is 0 Å². The minimum Gasteiger partial charge on any atom is -0.508 e. The molecule has 0 saturated carbocycles. The van der Waals surface area contributed by atoms with Crippen LogP contribution in [0, 0.1) is 5.82 Å². The molecule has 0 bridgehead atoms. The van der Waals surface area contributed by atoms with E-state index in [1.54, 1.807) is 24.3 Å². The molecule has 98 valence electrons. The van der Waals surface area contributed by atoms with Crippen molar-refractivity contribution in [1.82, 2.24) is 0 Å². The van der Waals surface area contributed by atoms with Crippen LogP contribution in [0.2, 0.25) is 0 Å². The fourth-order valence-corrected chi connectivity index (χ4v) is 1.95. The zero-order valence-electron chi connectivity index (χ0n) is 10.1. The first-order valence-corrected chi connectivity index (χ1v) is 5.82. The van der Waals surface area contributed by atoms with E-state index in [0.717, 1.165) is 5.56 Å². The van der Waals surface area contributed by atoms with Crippen LogP contribution in [0.3, 0.4) is 0 Å². The van der Waals surface area contributed by atoms with Gasteiger partial charge in [0, 0.05) is 0 Å². The van der Waals surface area contributed by atoms with Crippen molar-refractivity contribution in [3.05, 3.63) is 65.5 Å². The molecule has 3 nitrogen and oxygen atoms in total. The van der Waals surface area contributed by atoms with Crippen LogP contribution < -0.4 is 0 Å². The van der Waals surface area contributed by atoms with Crippen LogP contribution in [0.4, 0.5) is 4.39 Å². The lowest BCUT2D eigenvalue weighted by molar-refractivity contribution is -0.138. The molecular formula is C15H13FO3. The Morgan fingerprint density at radius 3 is 2.42 bits per heavy atom. The van der Waals surface area contributed by atoms with Gasteiger partial charge in [0.25, 0.3) is 0 Å². The summed E-state index contributed by atoms with van der Waals surface area (Å²) in [6.07, 6.45) is 0.249. The van der Waals surface area contributed by atoms with Crippen molar-refractivity contribution in [2.75, 3.05) is 0 Å². The topological polar surface area (TPSA) is 57.5 Å². The van der Waals surface area contributed by atoms with Crippen molar-refractivity contribution >= 4 is 5.97 Å². The molecule has 0 saturated heterocycles. The molecule has 0 aliphatic carbocycles. The van der Waals surface area contributed by atoms with Gasteiger partial charge in [-0.05, 0) is 41.8 Å². The highest BCUT2D eigenvalue weighted by molar-refractivity contribution is 5.76. The van der Waals surface area contributed by atoms with Crippen molar-refractivity contribution < 1.29 is 19.4 Å². The van der Waals surface area contributed by atoms with E-state index in [-0.39, 0.29) is 18.0 Å². The van der Waals surface area contributed by atoms with E-state index < -0.39 is 11.9 Å². The molecule has 0 aromatic heterocycles. The second-order valence-electron chi connectivity index (χ2n) is 4.32. The largest absolute Gasteiger partial charge is 0.508 e. The van der Waals surface area contributed by atoms with Crippen LogP contribution in [0.25, 0.3) is 0 Å². The molecule has 2 N–H and O–H groups in total. The van der Waals surface area contributed by atoms with E-state index in [1.165, 1.54) is 24.3 Å². The maximum absolute atomic E-state index is 12.8. The molecule has 1 atom stereocenters. The zero-order valence-corrected chi connectivity index (χ0v) is 10.1. The molecule has 4 heteroatoms. The normalized spacial score (nSPS) is 12.1. The van der Waals surface area contributed by atoms with Gasteiger partial charge in [-0.15, -0.1) is 0 Å². The lowest BCUT2D eigenvalue weighted by atomic mass is 9.92. The number of halogens is 1. The van der Waals surface area contributed by atoms with Crippen LogP contribution in [0.5, 0.6) is 5.75 Å². The highest BCUT2D eigenvalue weighted by Gasteiger charge is 2.20. The summed E-state index contributed by atoms with van der Waals surface area (Å²) in [5, 5.41) is 18.7. The van der Waals surface area contributed by atoms with Crippen LogP contribution in [-0.2, 0) is 11.2 Å². The van der Waals surface area contributed by atoms with E-state index >= 15 is 0 Å². The highest BCUT2D eigenvalue weighted by Crippen LogP contribution is 2.24. The Morgan fingerprint density at radius 2 is 1.84 bits per heavy atom. The second-order valence-corrected chi connectivity index (χ2v) is 4.32. The van der Waals surface area contributed by atoms with Crippen LogP contribution in [0.15, 0.2) is 48.5 Å². The van der Waals surface area contributed by atoms with Crippen LogP contribution in [-0.4, -0.2) is 16.2 Å². The average Bonchev–Trinajstić information content (AvgIpc) is 2.37. The fraction of sp³-hybridized carbons (Fsp3) is 0.133. The molecule has 1 unspecified atom stereocenters. The minimum absolute atomic E-state index is 0.0304. The number of phenols is 1. The first-order chi connectivity index (χ1) is 9.06. The molecule has 0 heterocycles. The Morgan fingerprint density at radius 1 is 1.16 bits per heavy atom. The predicted molar refractivity (Wildman–Crippen MR) is 68.6 cm³/mol. The van der Waals surface area contributed by atoms with Gasteiger partial charge in [-0.25, -0.2) is 4.39 Å². The van der Waals surface area contributed by atoms with Crippen molar-refractivity contribution in [3.63, 3.8) is 0 Å². The number of carbonyl (C=O) groups is 1. The Labute approximate surface area is 109 Å². The molecule has 0 amide bonds. The predicted octanol–water partition coefficient (Wildman–Crippen LogP) is 2.94. The Balaban J connectivity index is 2.26. The zero-order chi connectivity index (χ0) is 13.8. The molecule has 0 spiro atoms. The summed E-state index contributed by atoms with van der Waals surface area (Å²) in [7, 11) is 0. The Bertz CT molecular complexity index is 578. The monoisotopic (exact) mass is 260 g/mol. The maximum Gasteiger partial charge on any atom is 0.311 e. The molecule has 0 aliphatic rings. The van der Waals surface area contributed by atoms with Gasteiger partial charge in [0.1, 0.15) is 11.6 Å². The first-order valence-electron chi connectivity index (χ1n) is 5.82. The van der Waals surface area contributed by atoms with E-state index in [2.05, 4.69) is 0 Å². The van der Waals surface area contributed by atoms with Gasteiger partial charge in [-0.3, -0.25) is 4.79 Å². The number of aliphatic carboxylic acids is 1. The van der Waals surface area contributed by atoms with E-state index in [9.17, 15) is 19.4 Å². The summed E-state index contributed by atoms with van der Waals surface area (Å²) in [6, 6.07) is 11.9. The van der Waals surface area contributed by atoms with Gasteiger partial charge >= 0.3 is 5.97 Å². The molecular weight excluding hydrogens is 247 g/mol. The van der Waals surface area contributed by atoms with E-state index in [0.29, 0.717) is 5.56 Å². The first kappa shape index (κ1) is 13.1. The third kappa shape index (κ3) is 3.31. The SMILES string of the molecule is O=C(O)C(Cc1ccc(F)cc1)c1cccc(O)c1. The van der Waals surface area contributed by atoms with Crippen LogP contribution in [0.1, 0.15) is 17.0 Å². The molecule has 2 aromatic carbocycles. The Hall–Kier alpha value is -2.36. The molecule has 2 aromatic rings. The van der Waals surface area contributed by atoms with Gasteiger partial charge in [-0.1, -0.05) is 24.3 Å². The van der Waals surface area contributed by atoms with E-state index in [1.807, 2.05) is 0 Å². The smallest absolute Gasteiger partial charge is 0.311 e. The summed E-state index contributed by atoms with van der Waals surface area (Å²) in [5.74, 6) is -2.07. The van der Waals surface area contributed by atoms with Crippen molar-refractivity contribution in [3.8, 4) is 5.75 Å². The number of benzene rings is 2. The van der Waals surface area contributed by atoms with Gasteiger partial charge < -0.3 is 10.2 Å². The summed E-state index contributed by atoms with van der Waals surface area (Å²) in [6.45, 7) is 0. The molecule has 2 rings (SSSR count). The number of hydrogen-bond donors (Lipinski definition) is 2. The van der Waals surface area contributed by atoms with Gasteiger partial charge in [0.15, 0.2) is 0 Å². The summed E-state index contributed by atoms with van der Waals surface area (Å²) in [5.41, 5.74) is 1.26.